The number of hydrogen-bond donors (Lipinski definition) is 3. The Kier molecular flexibility index (Phi) is 2.02. The lowest BCUT2D eigenvalue weighted by Crippen LogP contribution is -2.24. The monoisotopic (exact) mass is 180 g/mol. The maximum atomic E-state index is 11.3. The summed E-state index contributed by atoms with van der Waals surface area (Å²) in [5.41, 5.74) is 4.00. The molecule has 1 aromatic heterocycles. The number of nitrogens with zero attached hydrogens (tertiary/aromatic N) is 1. The topological polar surface area (TPSA) is 83.8 Å². The van der Waals surface area contributed by atoms with Crippen molar-refractivity contribution in [3.63, 3.8) is 0 Å². The predicted molar refractivity (Wildman–Crippen MR) is 49.3 cm³/mol. The normalized spacial score (nSPS) is 15.2. The maximum Gasteiger partial charge on any atom is 0.292 e. The van der Waals surface area contributed by atoms with Gasteiger partial charge < -0.3 is 10.4 Å². The molecule has 70 valence electrons. The highest BCUT2D eigenvalue weighted by Crippen LogP contribution is 2.16. The third-order valence-corrected chi connectivity index (χ3v) is 2.30. The van der Waals surface area contributed by atoms with E-state index in [1.165, 1.54) is 0 Å². The van der Waals surface area contributed by atoms with Crippen LogP contribution in [-0.4, -0.2) is 9.97 Å². The molecule has 0 atom stereocenters. The summed E-state index contributed by atoms with van der Waals surface area (Å²) in [6, 6.07) is 0. The van der Waals surface area contributed by atoms with Crippen LogP contribution in [0.15, 0.2) is 4.79 Å². The van der Waals surface area contributed by atoms with Gasteiger partial charge in [-0.05, 0) is 25.7 Å². The van der Waals surface area contributed by atoms with E-state index in [9.17, 15) is 4.79 Å². The fourth-order valence-corrected chi connectivity index (χ4v) is 1.63. The van der Waals surface area contributed by atoms with E-state index in [1.54, 1.807) is 0 Å². The van der Waals surface area contributed by atoms with E-state index in [0.29, 0.717) is 0 Å². The Morgan fingerprint density at radius 1 is 1.38 bits per heavy atom. The van der Waals surface area contributed by atoms with E-state index in [2.05, 4.69) is 15.4 Å². The highest BCUT2D eigenvalue weighted by Gasteiger charge is 2.13. The van der Waals surface area contributed by atoms with Gasteiger partial charge in [0.2, 0.25) is 5.82 Å². The van der Waals surface area contributed by atoms with Gasteiger partial charge in [-0.25, -0.2) is 10.8 Å². The molecule has 2 rings (SSSR count). The van der Waals surface area contributed by atoms with E-state index in [-0.39, 0.29) is 11.4 Å². The first-order valence-corrected chi connectivity index (χ1v) is 4.40. The van der Waals surface area contributed by atoms with Crippen molar-refractivity contribution < 1.29 is 0 Å². The Hall–Kier alpha value is -1.36. The third kappa shape index (κ3) is 1.42. The molecule has 1 aliphatic carbocycles. The number of nitrogens with one attached hydrogen (secondary N) is 2. The molecule has 0 fully saturated rings. The van der Waals surface area contributed by atoms with Crippen LogP contribution in [0.1, 0.15) is 24.2 Å². The van der Waals surface area contributed by atoms with Crippen LogP contribution in [0.2, 0.25) is 0 Å². The average Bonchev–Trinajstić information content (AvgIpc) is 2.17. The highest BCUT2D eigenvalue weighted by atomic mass is 16.1. The molecule has 0 bridgehead atoms. The van der Waals surface area contributed by atoms with Crippen LogP contribution in [0.25, 0.3) is 0 Å². The molecule has 1 heterocycles. The minimum Gasteiger partial charge on any atom is -0.321 e. The Labute approximate surface area is 75.3 Å². The number of anilines is 1. The van der Waals surface area contributed by atoms with Crippen LogP contribution in [0.4, 0.5) is 5.82 Å². The van der Waals surface area contributed by atoms with Crippen molar-refractivity contribution in [2.24, 2.45) is 5.84 Å². The van der Waals surface area contributed by atoms with Crippen molar-refractivity contribution in [2.45, 2.75) is 25.7 Å². The number of hydrogen-bond acceptors (Lipinski definition) is 4. The molecule has 1 aliphatic rings. The molecule has 13 heavy (non-hydrogen) atoms. The first kappa shape index (κ1) is 8.25. The molecule has 0 radical (unpaired) electrons. The second-order valence-electron chi connectivity index (χ2n) is 3.19. The number of aromatic amines is 1. The highest BCUT2D eigenvalue weighted by molar-refractivity contribution is 5.32. The molecule has 4 N–H and O–H groups in total. The Balaban J connectivity index is 2.51. The zero-order chi connectivity index (χ0) is 9.26. The van der Waals surface area contributed by atoms with E-state index >= 15 is 0 Å². The van der Waals surface area contributed by atoms with Gasteiger partial charge >= 0.3 is 0 Å². The van der Waals surface area contributed by atoms with Gasteiger partial charge in [0.25, 0.3) is 5.56 Å². The minimum absolute atomic E-state index is 0.209. The van der Waals surface area contributed by atoms with E-state index in [1.807, 2.05) is 0 Å². The van der Waals surface area contributed by atoms with Crippen molar-refractivity contribution in [3.05, 3.63) is 21.7 Å². The van der Waals surface area contributed by atoms with Gasteiger partial charge in [-0.2, -0.15) is 0 Å². The molecule has 0 saturated heterocycles. The quantitative estimate of drug-likeness (QED) is 0.417. The molecule has 5 heteroatoms. The number of fused-ring (bicyclic) bond motifs is 1. The van der Waals surface area contributed by atoms with E-state index in [4.69, 9.17) is 5.84 Å². The fraction of sp³-hybridized carbons (Fsp3) is 0.500. The van der Waals surface area contributed by atoms with Gasteiger partial charge in [-0.1, -0.05) is 0 Å². The van der Waals surface area contributed by atoms with Crippen molar-refractivity contribution in [1.82, 2.24) is 9.97 Å². The standard InChI is InChI=1S/C8H12N4O/c9-12-7-8(13)11-6-4-2-1-3-5(6)10-7/h1-4,9H2,(H,10,12)(H,11,13). The van der Waals surface area contributed by atoms with Crippen molar-refractivity contribution >= 4 is 5.82 Å². The van der Waals surface area contributed by atoms with Crippen LogP contribution in [0.5, 0.6) is 0 Å². The molecular weight excluding hydrogens is 168 g/mol. The van der Waals surface area contributed by atoms with Crippen LogP contribution in [0.3, 0.4) is 0 Å². The van der Waals surface area contributed by atoms with Gasteiger partial charge in [0.15, 0.2) is 0 Å². The zero-order valence-electron chi connectivity index (χ0n) is 7.26. The van der Waals surface area contributed by atoms with Gasteiger partial charge in [-0.3, -0.25) is 4.79 Å². The van der Waals surface area contributed by atoms with Crippen LogP contribution in [0, 0.1) is 0 Å². The lowest BCUT2D eigenvalue weighted by atomic mass is 10.0. The van der Waals surface area contributed by atoms with Gasteiger partial charge in [0.05, 0.1) is 5.69 Å². The maximum absolute atomic E-state index is 11.3. The molecule has 0 aromatic carbocycles. The number of aromatic nitrogens is 2. The summed E-state index contributed by atoms with van der Waals surface area (Å²) in [7, 11) is 0. The molecule has 0 saturated carbocycles. The second-order valence-corrected chi connectivity index (χ2v) is 3.19. The lowest BCUT2D eigenvalue weighted by Gasteiger charge is -2.14. The number of nitrogens with two attached hydrogens (primary N) is 1. The largest absolute Gasteiger partial charge is 0.321 e. The summed E-state index contributed by atoms with van der Waals surface area (Å²) in [5, 5.41) is 0. The number of hydrazine groups is 1. The molecular formula is C8H12N4O. The number of rotatable bonds is 1. The summed E-state index contributed by atoms with van der Waals surface area (Å²) < 4.78 is 0. The Morgan fingerprint density at radius 2 is 2.15 bits per heavy atom. The summed E-state index contributed by atoms with van der Waals surface area (Å²) in [6.45, 7) is 0. The SMILES string of the molecule is NNc1nc2c([nH]c1=O)CCCC2. The smallest absolute Gasteiger partial charge is 0.292 e. The number of H-pyrrole nitrogens is 1. The summed E-state index contributed by atoms with van der Waals surface area (Å²) in [5.74, 6) is 5.36. The summed E-state index contributed by atoms with van der Waals surface area (Å²) in [6.07, 6.45) is 4.11. The molecule has 0 aliphatic heterocycles. The van der Waals surface area contributed by atoms with Gasteiger partial charge in [0, 0.05) is 5.69 Å². The van der Waals surface area contributed by atoms with Crippen LogP contribution in [-0.2, 0) is 12.8 Å². The van der Waals surface area contributed by atoms with Crippen molar-refractivity contribution in [3.8, 4) is 0 Å². The summed E-state index contributed by atoms with van der Waals surface area (Å²) in [4.78, 5) is 18.2. The van der Waals surface area contributed by atoms with E-state index in [0.717, 1.165) is 37.1 Å². The molecule has 0 unspecified atom stereocenters. The van der Waals surface area contributed by atoms with Crippen molar-refractivity contribution in [2.75, 3.05) is 5.43 Å². The number of aryl methyl sites for hydroxylation is 2. The summed E-state index contributed by atoms with van der Waals surface area (Å²) >= 11 is 0. The average molecular weight is 180 g/mol. The van der Waals surface area contributed by atoms with Crippen LogP contribution >= 0.6 is 0 Å². The fourth-order valence-electron chi connectivity index (χ4n) is 1.63. The van der Waals surface area contributed by atoms with Gasteiger partial charge in [-0.15, -0.1) is 0 Å². The van der Waals surface area contributed by atoms with E-state index < -0.39 is 0 Å². The molecule has 0 amide bonds. The molecule has 1 aromatic rings. The third-order valence-electron chi connectivity index (χ3n) is 2.30. The minimum atomic E-state index is -0.233. The predicted octanol–water partition coefficient (Wildman–Crippen LogP) is -0.0657. The molecule has 0 spiro atoms. The van der Waals surface area contributed by atoms with Gasteiger partial charge in [0.1, 0.15) is 0 Å². The molecule has 5 nitrogen and oxygen atoms in total. The number of nitrogen functional groups attached to an aromatic ring is 1. The first-order valence-electron chi connectivity index (χ1n) is 4.40. The first-order chi connectivity index (χ1) is 6.31. The van der Waals surface area contributed by atoms with Crippen LogP contribution < -0.4 is 16.8 Å². The zero-order valence-corrected chi connectivity index (χ0v) is 7.26. The Morgan fingerprint density at radius 3 is 2.92 bits per heavy atom. The lowest BCUT2D eigenvalue weighted by molar-refractivity contribution is 0.646. The van der Waals surface area contributed by atoms with Crippen molar-refractivity contribution in [1.29, 1.82) is 0 Å². The second kappa shape index (κ2) is 3.18. The Bertz CT molecular complexity index is 371.